The smallest absolute Gasteiger partial charge is 0.290 e. The number of hydrogen-bond acceptors (Lipinski definition) is 4. The second-order valence-electron chi connectivity index (χ2n) is 4.26. The maximum absolute atomic E-state index is 11.7. The fourth-order valence-electron chi connectivity index (χ4n) is 1.99. The van der Waals surface area contributed by atoms with Gasteiger partial charge < -0.3 is 14.9 Å². The number of aliphatic hydroxyl groups excluding tert-OH is 1. The normalized spacial score (nSPS) is 25.4. The van der Waals surface area contributed by atoms with Crippen LogP contribution in [0.4, 0.5) is 0 Å². The average Bonchev–Trinajstić information content (AvgIpc) is 2.68. The first kappa shape index (κ1) is 11.1. The minimum atomic E-state index is -0.443. The molecule has 2 unspecified atom stereocenters. The molecule has 1 aliphatic carbocycles. The van der Waals surface area contributed by atoms with Crippen LogP contribution in [0.5, 0.6) is 0 Å². The van der Waals surface area contributed by atoms with Gasteiger partial charge >= 0.3 is 0 Å². The third-order valence-electron chi connectivity index (χ3n) is 2.90. The van der Waals surface area contributed by atoms with Crippen LogP contribution in [0.15, 0.2) is 10.6 Å². The van der Waals surface area contributed by atoms with Crippen molar-refractivity contribution in [2.75, 3.05) is 0 Å². The van der Waals surface area contributed by atoms with Crippen molar-refractivity contribution in [1.29, 1.82) is 0 Å². The van der Waals surface area contributed by atoms with E-state index < -0.39 is 6.10 Å². The number of rotatable bonds is 2. The third kappa shape index (κ3) is 2.41. The standard InChI is InChI=1S/C11H16N2O3/c1-7-6-10(16-13-7)11(15)12-8-4-2-3-5-9(8)14/h6,8-9,14H,2-5H2,1H3,(H,12,15). The molecule has 1 saturated carbocycles. The van der Waals surface area contributed by atoms with Crippen molar-refractivity contribution < 1.29 is 14.4 Å². The lowest BCUT2D eigenvalue weighted by molar-refractivity contribution is 0.0692. The molecule has 2 rings (SSSR count). The summed E-state index contributed by atoms with van der Waals surface area (Å²) >= 11 is 0. The van der Waals surface area contributed by atoms with E-state index >= 15 is 0 Å². The Morgan fingerprint density at radius 1 is 1.56 bits per heavy atom. The highest BCUT2D eigenvalue weighted by Gasteiger charge is 2.25. The topological polar surface area (TPSA) is 75.4 Å². The maximum Gasteiger partial charge on any atom is 0.290 e. The van der Waals surface area contributed by atoms with Gasteiger partial charge in [-0.2, -0.15) is 0 Å². The average molecular weight is 224 g/mol. The predicted molar refractivity (Wildman–Crippen MR) is 57.0 cm³/mol. The number of hydrogen-bond donors (Lipinski definition) is 2. The Morgan fingerprint density at radius 2 is 2.31 bits per heavy atom. The summed E-state index contributed by atoms with van der Waals surface area (Å²) in [6.07, 6.45) is 3.19. The summed E-state index contributed by atoms with van der Waals surface area (Å²) in [6, 6.07) is 1.43. The summed E-state index contributed by atoms with van der Waals surface area (Å²) in [5.74, 6) is -0.0955. The van der Waals surface area contributed by atoms with Gasteiger partial charge in [0, 0.05) is 6.07 Å². The van der Waals surface area contributed by atoms with Gasteiger partial charge in [-0.15, -0.1) is 0 Å². The lowest BCUT2D eigenvalue weighted by Crippen LogP contribution is -2.44. The van der Waals surface area contributed by atoms with E-state index in [9.17, 15) is 9.90 Å². The van der Waals surface area contributed by atoms with E-state index in [2.05, 4.69) is 10.5 Å². The number of carbonyl (C=O) groups is 1. The molecule has 16 heavy (non-hydrogen) atoms. The van der Waals surface area contributed by atoms with Crippen molar-refractivity contribution in [2.24, 2.45) is 0 Å². The molecule has 0 aliphatic heterocycles. The van der Waals surface area contributed by atoms with Crippen LogP contribution in [-0.2, 0) is 0 Å². The molecule has 1 aromatic heterocycles. The molecule has 0 saturated heterocycles. The third-order valence-corrected chi connectivity index (χ3v) is 2.90. The van der Waals surface area contributed by atoms with Crippen LogP contribution in [-0.4, -0.2) is 28.3 Å². The van der Waals surface area contributed by atoms with Crippen LogP contribution in [0.3, 0.4) is 0 Å². The summed E-state index contributed by atoms with van der Waals surface area (Å²) in [6.45, 7) is 1.76. The minimum Gasteiger partial charge on any atom is -0.391 e. The Labute approximate surface area is 93.8 Å². The van der Waals surface area contributed by atoms with E-state index in [0.29, 0.717) is 5.69 Å². The van der Waals surface area contributed by atoms with E-state index in [1.165, 1.54) is 0 Å². The van der Waals surface area contributed by atoms with E-state index in [-0.39, 0.29) is 17.7 Å². The number of nitrogens with one attached hydrogen (secondary N) is 1. The first-order chi connectivity index (χ1) is 7.66. The molecule has 5 heteroatoms. The predicted octanol–water partition coefficient (Wildman–Crippen LogP) is 1.02. The zero-order valence-corrected chi connectivity index (χ0v) is 9.27. The Hall–Kier alpha value is -1.36. The SMILES string of the molecule is Cc1cc(C(=O)NC2CCCCC2O)on1. The molecule has 5 nitrogen and oxygen atoms in total. The molecule has 0 aromatic carbocycles. The highest BCUT2D eigenvalue weighted by Crippen LogP contribution is 2.18. The van der Waals surface area contributed by atoms with Gasteiger partial charge in [0.1, 0.15) is 0 Å². The quantitative estimate of drug-likeness (QED) is 0.786. The molecule has 88 valence electrons. The Balaban J connectivity index is 1.96. The maximum atomic E-state index is 11.7. The van der Waals surface area contributed by atoms with Crippen LogP contribution in [0.1, 0.15) is 41.9 Å². The molecule has 2 N–H and O–H groups in total. The lowest BCUT2D eigenvalue weighted by atomic mass is 9.92. The molecule has 1 fully saturated rings. The van der Waals surface area contributed by atoms with Crippen molar-refractivity contribution in [3.8, 4) is 0 Å². The number of nitrogens with zero attached hydrogens (tertiary/aromatic N) is 1. The van der Waals surface area contributed by atoms with Gasteiger partial charge in [0.15, 0.2) is 0 Å². The summed E-state index contributed by atoms with van der Waals surface area (Å²) in [4.78, 5) is 11.7. The van der Waals surface area contributed by atoms with Crippen molar-refractivity contribution in [1.82, 2.24) is 10.5 Å². The molecule has 1 heterocycles. The van der Waals surface area contributed by atoms with Gasteiger partial charge in [0.05, 0.1) is 17.8 Å². The summed E-state index contributed by atoms with van der Waals surface area (Å²) in [5, 5.41) is 16.1. The van der Waals surface area contributed by atoms with E-state index in [0.717, 1.165) is 25.7 Å². The van der Waals surface area contributed by atoms with E-state index in [1.807, 2.05) is 0 Å². The second-order valence-corrected chi connectivity index (χ2v) is 4.26. The number of aliphatic hydroxyl groups is 1. The molecule has 0 radical (unpaired) electrons. The largest absolute Gasteiger partial charge is 0.391 e. The number of carbonyl (C=O) groups excluding carboxylic acids is 1. The highest BCUT2D eigenvalue weighted by molar-refractivity contribution is 5.91. The molecule has 1 amide bonds. The van der Waals surface area contributed by atoms with Crippen molar-refractivity contribution in [3.05, 3.63) is 17.5 Å². The van der Waals surface area contributed by atoms with Crippen LogP contribution in [0, 0.1) is 6.92 Å². The highest BCUT2D eigenvalue weighted by atomic mass is 16.5. The van der Waals surface area contributed by atoms with E-state index in [1.54, 1.807) is 13.0 Å². The Bertz CT molecular complexity index is 375. The zero-order chi connectivity index (χ0) is 11.5. The second kappa shape index (κ2) is 4.65. The number of aryl methyl sites for hydroxylation is 1. The Morgan fingerprint density at radius 3 is 2.94 bits per heavy atom. The van der Waals surface area contributed by atoms with Gasteiger partial charge in [-0.1, -0.05) is 18.0 Å². The van der Waals surface area contributed by atoms with Crippen LogP contribution < -0.4 is 5.32 Å². The first-order valence-electron chi connectivity index (χ1n) is 5.59. The minimum absolute atomic E-state index is 0.161. The molecule has 0 spiro atoms. The lowest BCUT2D eigenvalue weighted by Gasteiger charge is -2.27. The fraction of sp³-hybridized carbons (Fsp3) is 0.636. The summed E-state index contributed by atoms with van der Waals surface area (Å²) in [5.41, 5.74) is 0.675. The number of amides is 1. The van der Waals surface area contributed by atoms with E-state index in [4.69, 9.17) is 4.52 Å². The molecule has 2 atom stereocenters. The van der Waals surface area contributed by atoms with Crippen LogP contribution in [0.2, 0.25) is 0 Å². The Kier molecular flexibility index (Phi) is 3.24. The monoisotopic (exact) mass is 224 g/mol. The first-order valence-corrected chi connectivity index (χ1v) is 5.59. The van der Waals surface area contributed by atoms with Gasteiger partial charge in [-0.05, 0) is 19.8 Å². The van der Waals surface area contributed by atoms with Crippen molar-refractivity contribution >= 4 is 5.91 Å². The van der Waals surface area contributed by atoms with Crippen molar-refractivity contribution in [3.63, 3.8) is 0 Å². The molecule has 0 bridgehead atoms. The molecular weight excluding hydrogens is 208 g/mol. The summed E-state index contributed by atoms with van der Waals surface area (Å²) in [7, 11) is 0. The molecule has 1 aliphatic rings. The number of aromatic nitrogens is 1. The molecular formula is C11H16N2O3. The zero-order valence-electron chi connectivity index (χ0n) is 9.27. The van der Waals surface area contributed by atoms with Gasteiger partial charge in [0.25, 0.3) is 5.91 Å². The van der Waals surface area contributed by atoms with Gasteiger partial charge in [0.2, 0.25) is 5.76 Å². The van der Waals surface area contributed by atoms with Gasteiger partial charge in [-0.3, -0.25) is 4.79 Å². The van der Waals surface area contributed by atoms with Crippen LogP contribution >= 0.6 is 0 Å². The summed E-state index contributed by atoms with van der Waals surface area (Å²) < 4.78 is 4.86. The van der Waals surface area contributed by atoms with Crippen molar-refractivity contribution in [2.45, 2.75) is 44.8 Å². The van der Waals surface area contributed by atoms with Crippen LogP contribution in [0.25, 0.3) is 0 Å². The molecule has 1 aromatic rings. The van der Waals surface area contributed by atoms with Gasteiger partial charge in [-0.25, -0.2) is 0 Å². The fourth-order valence-corrected chi connectivity index (χ4v) is 1.99.